The molecule has 0 aromatic carbocycles. The van der Waals surface area contributed by atoms with Crippen molar-refractivity contribution in [3.05, 3.63) is 0 Å². The Morgan fingerprint density at radius 3 is 2.65 bits per heavy atom. The molecule has 1 fully saturated rings. The summed E-state index contributed by atoms with van der Waals surface area (Å²) < 4.78 is 0. The highest BCUT2D eigenvalue weighted by atomic mass is 16.3. The molecule has 0 aromatic rings. The molecule has 0 radical (unpaired) electrons. The highest BCUT2D eigenvalue weighted by Crippen LogP contribution is 2.28. The summed E-state index contributed by atoms with van der Waals surface area (Å²) in [6.07, 6.45) is 5.54. The lowest BCUT2D eigenvalue weighted by Gasteiger charge is -2.38. The zero-order valence-electron chi connectivity index (χ0n) is 11.8. The van der Waals surface area contributed by atoms with Gasteiger partial charge in [0, 0.05) is 12.1 Å². The zero-order valence-corrected chi connectivity index (χ0v) is 11.8. The largest absolute Gasteiger partial charge is 0.394 e. The SMILES string of the molecule is CCC(N)(CO)CCCN1CCCC(C)(C)C1. The van der Waals surface area contributed by atoms with Crippen LogP contribution < -0.4 is 5.73 Å². The van der Waals surface area contributed by atoms with Gasteiger partial charge in [-0.15, -0.1) is 0 Å². The predicted octanol–water partition coefficient (Wildman–Crippen LogP) is 1.99. The number of aliphatic hydroxyl groups is 1. The van der Waals surface area contributed by atoms with Crippen molar-refractivity contribution in [2.45, 2.75) is 58.4 Å². The van der Waals surface area contributed by atoms with Crippen LogP contribution in [0.2, 0.25) is 0 Å². The van der Waals surface area contributed by atoms with Gasteiger partial charge in [-0.05, 0) is 50.6 Å². The van der Waals surface area contributed by atoms with E-state index in [1.807, 2.05) is 0 Å². The molecule has 1 unspecified atom stereocenters. The van der Waals surface area contributed by atoms with E-state index >= 15 is 0 Å². The molecule has 1 rings (SSSR count). The van der Waals surface area contributed by atoms with Gasteiger partial charge in [0.2, 0.25) is 0 Å². The van der Waals surface area contributed by atoms with Gasteiger partial charge < -0.3 is 15.7 Å². The summed E-state index contributed by atoms with van der Waals surface area (Å²) in [7, 11) is 0. The van der Waals surface area contributed by atoms with Crippen LogP contribution in [-0.4, -0.2) is 41.8 Å². The van der Waals surface area contributed by atoms with E-state index in [9.17, 15) is 5.11 Å². The number of hydrogen-bond acceptors (Lipinski definition) is 3. The molecule has 1 heterocycles. The Hall–Kier alpha value is -0.120. The molecular weight excluding hydrogens is 212 g/mol. The minimum absolute atomic E-state index is 0.106. The standard InChI is InChI=1S/C14H30N2O/c1-4-14(15,12-17)8-6-10-16-9-5-7-13(2,3)11-16/h17H,4-12,15H2,1-3H3. The van der Waals surface area contributed by atoms with E-state index in [4.69, 9.17) is 5.73 Å². The van der Waals surface area contributed by atoms with Crippen LogP contribution in [0, 0.1) is 5.41 Å². The number of likely N-dealkylation sites (tertiary alicyclic amines) is 1. The lowest BCUT2D eigenvalue weighted by atomic mass is 9.84. The molecule has 102 valence electrons. The summed E-state index contributed by atoms with van der Waals surface area (Å²) in [5, 5.41) is 9.27. The maximum Gasteiger partial charge on any atom is 0.0611 e. The van der Waals surface area contributed by atoms with Gasteiger partial charge in [-0.3, -0.25) is 0 Å². The Morgan fingerprint density at radius 1 is 1.41 bits per heavy atom. The molecule has 0 saturated carbocycles. The molecule has 0 amide bonds. The lowest BCUT2D eigenvalue weighted by Crippen LogP contribution is -2.45. The third-order valence-electron chi connectivity index (χ3n) is 4.15. The van der Waals surface area contributed by atoms with Crippen molar-refractivity contribution >= 4 is 0 Å². The maximum atomic E-state index is 9.27. The molecule has 3 heteroatoms. The summed E-state index contributed by atoms with van der Waals surface area (Å²) in [6, 6.07) is 0. The predicted molar refractivity (Wildman–Crippen MR) is 73.0 cm³/mol. The third-order valence-corrected chi connectivity index (χ3v) is 4.15. The topological polar surface area (TPSA) is 49.5 Å². The van der Waals surface area contributed by atoms with Crippen LogP contribution in [-0.2, 0) is 0 Å². The number of hydrogen-bond donors (Lipinski definition) is 2. The monoisotopic (exact) mass is 242 g/mol. The van der Waals surface area contributed by atoms with Crippen LogP contribution in [0.15, 0.2) is 0 Å². The van der Waals surface area contributed by atoms with Gasteiger partial charge in [-0.1, -0.05) is 20.8 Å². The van der Waals surface area contributed by atoms with Crippen molar-refractivity contribution in [2.75, 3.05) is 26.2 Å². The Morgan fingerprint density at radius 2 is 2.12 bits per heavy atom. The van der Waals surface area contributed by atoms with Gasteiger partial charge in [0.25, 0.3) is 0 Å². The molecule has 1 aliphatic rings. The first-order valence-corrected chi connectivity index (χ1v) is 7.03. The van der Waals surface area contributed by atoms with Gasteiger partial charge in [0.15, 0.2) is 0 Å². The van der Waals surface area contributed by atoms with Gasteiger partial charge in [0.1, 0.15) is 0 Å². The van der Waals surface area contributed by atoms with Crippen molar-refractivity contribution in [1.82, 2.24) is 4.90 Å². The summed E-state index contributed by atoms with van der Waals surface area (Å²) in [6.45, 7) is 10.4. The van der Waals surface area contributed by atoms with Crippen molar-refractivity contribution in [2.24, 2.45) is 11.1 Å². The zero-order chi connectivity index (χ0) is 12.9. The fraction of sp³-hybridized carbons (Fsp3) is 1.00. The first-order chi connectivity index (χ1) is 7.91. The summed E-state index contributed by atoms with van der Waals surface area (Å²) in [5.41, 5.74) is 6.21. The first kappa shape index (κ1) is 14.9. The van der Waals surface area contributed by atoms with Gasteiger partial charge in [-0.2, -0.15) is 0 Å². The van der Waals surface area contributed by atoms with Crippen molar-refractivity contribution < 1.29 is 5.11 Å². The molecule has 0 bridgehead atoms. The molecule has 3 nitrogen and oxygen atoms in total. The number of aliphatic hydroxyl groups excluding tert-OH is 1. The molecular formula is C14H30N2O. The first-order valence-electron chi connectivity index (χ1n) is 7.03. The smallest absolute Gasteiger partial charge is 0.0611 e. The maximum absolute atomic E-state index is 9.27. The van der Waals surface area contributed by atoms with Crippen LogP contribution in [0.25, 0.3) is 0 Å². The third kappa shape index (κ3) is 4.94. The number of nitrogens with two attached hydrogens (primary N) is 1. The van der Waals surface area contributed by atoms with Crippen LogP contribution in [0.4, 0.5) is 0 Å². The molecule has 1 atom stereocenters. The van der Waals surface area contributed by atoms with E-state index in [-0.39, 0.29) is 12.1 Å². The van der Waals surface area contributed by atoms with Crippen molar-refractivity contribution in [3.8, 4) is 0 Å². The lowest BCUT2D eigenvalue weighted by molar-refractivity contribution is 0.109. The molecule has 17 heavy (non-hydrogen) atoms. The van der Waals surface area contributed by atoms with Gasteiger partial charge in [-0.25, -0.2) is 0 Å². The fourth-order valence-electron chi connectivity index (χ4n) is 2.76. The van der Waals surface area contributed by atoms with Crippen LogP contribution in [0.3, 0.4) is 0 Å². The Labute approximate surface area is 106 Å². The minimum Gasteiger partial charge on any atom is -0.394 e. The van der Waals surface area contributed by atoms with Gasteiger partial charge in [0.05, 0.1) is 6.61 Å². The number of piperidine rings is 1. The van der Waals surface area contributed by atoms with E-state index in [1.165, 1.54) is 25.9 Å². The second kappa shape index (κ2) is 6.17. The van der Waals surface area contributed by atoms with Crippen LogP contribution in [0.5, 0.6) is 0 Å². The van der Waals surface area contributed by atoms with Crippen molar-refractivity contribution in [1.29, 1.82) is 0 Å². The second-order valence-electron chi connectivity index (χ2n) is 6.52. The average molecular weight is 242 g/mol. The molecule has 1 saturated heterocycles. The van der Waals surface area contributed by atoms with Crippen molar-refractivity contribution in [3.63, 3.8) is 0 Å². The molecule has 0 spiro atoms. The highest BCUT2D eigenvalue weighted by molar-refractivity contribution is 4.83. The Kier molecular flexibility index (Phi) is 5.42. The van der Waals surface area contributed by atoms with E-state index in [0.29, 0.717) is 5.41 Å². The van der Waals surface area contributed by atoms with E-state index < -0.39 is 0 Å². The summed E-state index contributed by atoms with van der Waals surface area (Å²) in [5.74, 6) is 0. The normalized spacial score (nSPS) is 24.5. The number of nitrogens with zero attached hydrogens (tertiary/aromatic N) is 1. The van der Waals surface area contributed by atoms with E-state index in [2.05, 4.69) is 25.7 Å². The molecule has 0 aromatic heterocycles. The summed E-state index contributed by atoms with van der Waals surface area (Å²) in [4.78, 5) is 2.55. The van der Waals surface area contributed by atoms with Gasteiger partial charge >= 0.3 is 0 Å². The summed E-state index contributed by atoms with van der Waals surface area (Å²) >= 11 is 0. The number of rotatable bonds is 6. The fourth-order valence-corrected chi connectivity index (χ4v) is 2.76. The highest BCUT2D eigenvalue weighted by Gasteiger charge is 2.27. The van der Waals surface area contributed by atoms with E-state index in [0.717, 1.165) is 25.8 Å². The Bertz CT molecular complexity index is 224. The van der Waals surface area contributed by atoms with E-state index in [1.54, 1.807) is 0 Å². The Balaban J connectivity index is 2.27. The second-order valence-corrected chi connectivity index (χ2v) is 6.52. The van der Waals surface area contributed by atoms with Crippen LogP contribution in [0.1, 0.15) is 52.9 Å². The molecule has 1 aliphatic heterocycles. The molecule has 0 aliphatic carbocycles. The van der Waals surface area contributed by atoms with Crippen LogP contribution >= 0.6 is 0 Å². The quantitative estimate of drug-likeness (QED) is 0.749. The molecule has 3 N–H and O–H groups in total. The average Bonchev–Trinajstić information content (AvgIpc) is 2.27. The minimum atomic E-state index is -0.356.